The number of methoxy groups -OCH3 is 1. The predicted molar refractivity (Wildman–Crippen MR) is 116 cm³/mol. The number of ether oxygens (including phenoxy) is 1. The normalized spacial score (nSPS) is 19.2. The summed E-state index contributed by atoms with van der Waals surface area (Å²) in [6.07, 6.45) is 3.66. The van der Waals surface area contributed by atoms with E-state index >= 15 is 0 Å². The quantitative estimate of drug-likeness (QED) is 0.845. The van der Waals surface area contributed by atoms with Gasteiger partial charge in [0, 0.05) is 50.1 Å². The maximum Gasteiger partial charge on any atom is 0.119 e. The van der Waals surface area contributed by atoms with Crippen LogP contribution in [0.3, 0.4) is 0 Å². The van der Waals surface area contributed by atoms with Gasteiger partial charge in [0.05, 0.1) is 7.11 Å². The molecule has 4 nitrogen and oxygen atoms in total. The third-order valence-electron chi connectivity index (χ3n) is 5.69. The molecule has 1 saturated heterocycles. The van der Waals surface area contributed by atoms with Gasteiger partial charge in [-0.25, -0.2) is 0 Å². The number of nitrogens with zero attached hydrogens (tertiary/aromatic N) is 2. The average molecular weight is 388 g/mol. The summed E-state index contributed by atoms with van der Waals surface area (Å²) >= 11 is 0. The Morgan fingerprint density at radius 1 is 1.07 bits per heavy atom. The maximum absolute atomic E-state index is 5.31. The fraction of sp³-hybridized carbons (Fsp3) is 0.455. The zero-order valence-corrected chi connectivity index (χ0v) is 16.9. The highest BCUT2D eigenvalue weighted by atomic mass is 35.5. The highest BCUT2D eigenvalue weighted by molar-refractivity contribution is 5.85. The Morgan fingerprint density at radius 3 is 2.70 bits per heavy atom. The van der Waals surface area contributed by atoms with Crippen LogP contribution in [0.5, 0.6) is 5.75 Å². The minimum absolute atomic E-state index is 0. The number of benzene rings is 2. The van der Waals surface area contributed by atoms with Crippen LogP contribution in [0, 0.1) is 0 Å². The van der Waals surface area contributed by atoms with Crippen molar-refractivity contribution >= 4 is 23.8 Å². The Balaban J connectivity index is 0.00000210. The first-order chi connectivity index (χ1) is 12.8. The van der Waals surface area contributed by atoms with E-state index in [1.54, 1.807) is 7.11 Å². The largest absolute Gasteiger partial charge is 0.497 e. The van der Waals surface area contributed by atoms with E-state index in [0.29, 0.717) is 6.04 Å². The molecule has 0 radical (unpaired) electrons. The van der Waals surface area contributed by atoms with Crippen molar-refractivity contribution in [3.63, 3.8) is 0 Å². The van der Waals surface area contributed by atoms with E-state index in [1.165, 1.54) is 42.7 Å². The Labute approximate surface area is 168 Å². The average Bonchev–Trinajstić information content (AvgIpc) is 2.72. The monoisotopic (exact) mass is 387 g/mol. The molecule has 0 aliphatic carbocycles. The van der Waals surface area contributed by atoms with Gasteiger partial charge in [0.1, 0.15) is 5.75 Å². The molecular weight excluding hydrogens is 358 g/mol. The number of halogens is 1. The molecule has 0 bridgehead atoms. The number of hydrogen-bond acceptors (Lipinski definition) is 4. The molecule has 2 aliphatic heterocycles. The third-order valence-corrected chi connectivity index (χ3v) is 5.69. The van der Waals surface area contributed by atoms with Crippen LogP contribution in [-0.2, 0) is 6.42 Å². The van der Waals surface area contributed by atoms with Crippen molar-refractivity contribution in [2.75, 3.05) is 49.6 Å². The third kappa shape index (κ3) is 4.50. The van der Waals surface area contributed by atoms with Gasteiger partial charge in [-0.3, -0.25) is 0 Å². The summed E-state index contributed by atoms with van der Waals surface area (Å²) in [4.78, 5) is 5.14. The lowest BCUT2D eigenvalue weighted by Crippen LogP contribution is -2.52. The molecule has 0 spiro atoms. The highest BCUT2D eigenvalue weighted by Crippen LogP contribution is 2.28. The van der Waals surface area contributed by atoms with Gasteiger partial charge < -0.3 is 19.9 Å². The van der Waals surface area contributed by atoms with Crippen LogP contribution in [0.2, 0.25) is 0 Å². The minimum atomic E-state index is 0. The van der Waals surface area contributed by atoms with Gasteiger partial charge in [-0.05, 0) is 55.2 Å². The van der Waals surface area contributed by atoms with Crippen LogP contribution in [-0.4, -0.2) is 45.9 Å². The van der Waals surface area contributed by atoms with Crippen LogP contribution in [0.15, 0.2) is 48.5 Å². The minimum Gasteiger partial charge on any atom is -0.497 e. The molecule has 5 heteroatoms. The van der Waals surface area contributed by atoms with Crippen LogP contribution in [0.4, 0.5) is 11.4 Å². The molecule has 2 heterocycles. The zero-order valence-electron chi connectivity index (χ0n) is 16.1. The molecule has 146 valence electrons. The van der Waals surface area contributed by atoms with Gasteiger partial charge in [0.25, 0.3) is 0 Å². The van der Waals surface area contributed by atoms with E-state index in [2.05, 4.69) is 63.6 Å². The number of anilines is 2. The Kier molecular flexibility index (Phi) is 6.86. The number of fused-ring (bicyclic) bond motifs is 1. The van der Waals surface area contributed by atoms with E-state index in [-0.39, 0.29) is 12.4 Å². The molecule has 27 heavy (non-hydrogen) atoms. The van der Waals surface area contributed by atoms with Gasteiger partial charge >= 0.3 is 0 Å². The van der Waals surface area contributed by atoms with E-state index < -0.39 is 0 Å². The number of hydrogen-bond donors (Lipinski definition) is 1. The Hall–Kier alpha value is -1.91. The lowest BCUT2D eigenvalue weighted by molar-refractivity contribution is 0.414. The second-order valence-electron chi connectivity index (χ2n) is 7.26. The molecule has 1 N–H and O–H groups in total. The molecule has 0 amide bonds. The van der Waals surface area contributed by atoms with Crippen molar-refractivity contribution in [2.45, 2.75) is 25.3 Å². The van der Waals surface area contributed by atoms with Crippen LogP contribution in [0.25, 0.3) is 0 Å². The van der Waals surface area contributed by atoms with E-state index in [0.717, 1.165) is 31.9 Å². The van der Waals surface area contributed by atoms with Crippen molar-refractivity contribution in [2.24, 2.45) is 0 Å². The molecular formula is C22H30ClN3O. The van der Waals surface area contributed by atoms with Gasteiger partial charge in [-0.1, -0.05) is 18.2 Å². The molecule has 2 aliphatic rings. The zero-order chi connectivity index (χ0) is 17.8. The first kappa shape index (κ1) is 19.8. The van der Waals surface area contributed by atoms with Crippen molar-refractivity contribution in [1.82, 2.24) is 5.32 Å². The standard InChI is InChI=1S/C22H29N3O.ClH/c1-26-21-10-8-19(9-11-21)25-16-13-23-17-20(25)12-15-24-14-4-6-18-5-2-3-7-22(18)24;/h2-3,5,7-11,20,23H,4,6,12-17H2,1H3;1H. The first-order valence-electron chi connectivity index (χ1n) is 9.79. The fourth-order valence-electron chi connectivity index (χ4n) is 4.28. The van der Waals surface area contributed by atoms with Gasteiger partial charge in [-0.2, -0.15) is 0 Å². The second-order valence-corrected chi connectivity index (χ2v) is 7.26. The molecule has 0 saturated carbocycles. The SMILES string of the molecule is COc1ccc(N2CCNCC2CCN2CCCc3ccccc32)cc1.Cl. The molecule has 4 rings (SSSR count). The summed E-state index contributed by atoms with van der Waals surface area (Å²) in [6, 6.07) is 17.9. The first-order valence-corrected chi connectivity index (χ1v) is 9.79. The summed E-state index contributed by atoms with van der Waals surface area (Å²) in [5, 5.41) is 3.58. The van der Waals surface area contributed by atoms with Crippen LogP contribution >= 0.6 is 12.4 Å². The van der Waals surface area contributed by atoms with Crippen LogP contribution < -0.4 is 19.9 Å². The van der Waals surface area contributed by atoms with Crippen molar-refractivity contribution in [3.8, 4) is 5.75 Å². The van der Waals surface area contributed by atoms with Crippen molar-refractivity contribution in [1.29, 1.82) is 0 Å². The highest BCUT2D eigenvalue weighted by Gasteiger charge is 2.24. The number of rotatable bonds is 5. The van der Waals surface area contributed by atoms with E-state index in [9.17, 15) is 0 Å². The maximum atomic E-state index is 5.31. The summed E-state index contributed by atoms with van der Waals surface area (Å²) in [7, 11) is 1.72. The van der Waals surface area contributed by atoms with E-state index in [4.69, 9.17) is 4.74 Å². The summed E-state index contributed by atoms with van der Waals surface area (Å²) in [6.45, 7) is 5.47. The molecule has 1 atom stereocenters. The number of piperazine rings is 1. The number of nitrogens with one attached hydrogen (secondary N) is 1. The lowest BCUT2D eigenvalue weighted by Gasteiger charge is -2.40. The number of aryl methyl sites for hydroxylation is 1. The summed E-state index contributed by atoms with van der Waals surface area (Å²) < 4.78 is 5.31. The molecule has 1 unspecified atom stereocenters. The fourth-order valence-corrected chi connectivity index (χ4v) is 4.28. The second kappa shape index (κ2) is 9.34. The van der Waals surface area contributed by atoms with E-state index in [1.807, 2.05) is 0 Å². The van der Waals surface area contributed by atoms with Gasteiger partial charge in [0.2, 0.25) is 0 Å². The Bertz CT molecular complexity index is 722. The topological polar surface area (TPSA) is 27.7 Å². The number of para-hydroxylation sites is 1. The predicted octanol–water partition coefficient (Wildman–Crippen LogP) is 3.74. The molecule has 1 fully saturated rings. The lowest BCUT2D eigenvalue weighted by atomic mass is 10.0. The van der Waals surface area contributed by atoms with Crippen molar-refractivity contribution < 1.29 is 4.74 Å². The molecule has 2 aromatic rings. The smallest absolute Gasteiger partial charge is 0.119 e. The summed E-state index contributed by atoms with van der Waals surface area (Å²) in [5.41, 5.74) is 4.25. The van der Waals surface area contributed by atoms with Crippen LogP contribution in [0.1, 0.15) is 18.4 Å². The van der Waals surface area contributed by atoms with Gasteiger partial charge in [0.15, 0.2) is 0 Å². The Morgan fingerprint density at radius 2 is 1.89 bits per heavy atom. The molecule has 2 aromatic carbocycles. The van der Waals surface area contributed by atoms with Gasteiger partial charge in [-0.15, -0.1) is 12.4 Å². The summed E-state index contributed by atoms with van der Waals surface area (Å²) in [5.74, 6) is 0.922. The van der Waals surface area contributed by atoms with Crippen molar-refractivity contribution in [3.05, 3.63) is 54.1 Å². The molecule has 0 aromatic heterocycles.